The van der Waals surface area contributed by atoms with Gasteiger partial charge in [0.15, 0.2) is 0 Å². The lowest BCUT2D eigenvalue weighted by atomic mass is 9.93. The Labute approximate surface area is 189 Å². The maximum absolute atomic E-state index is 14.2. The van der Waals surface area contributed by atoms with Gasteiger partial charge in [-0.15, -0.1) is 0 Å². The number of nitrogens with one attached hydrogen (secondary N) is 3. The number of rotatable bonds is 4. The third kappa shape index (κ3) is 3.52. The number of methoxy groups -OCH3 is 1. The number of nitrogens with zero attached hydrogens (tertiary/aromatic N) is 3. The van der Waals surface area contributed by atoms with Crippen LogP contribution in [0.25, 0.3) is 44.5 Å². The fourth-order valence-electron chi connectivity index (χ4n) is 4.71. The average Bonchev–Trinajstić information content (AvgIpc) is 3.47. The van der Waals surface area contributed by atoms with Crippen molar-refractivity contribution in [1.82, 2.24) is 30.5 Å². The van der Waals surface area contributed by atoms with Crippen LogP contribution in [0.3, 0.4) is 0 Å². The maximum atomic E-state index is 14.2. The van der Waals surface area contributed by atoms with E-state index >= 15 is 0 Å². The minimum Gasteiger partial charge on any atom is -0.497 e. The van der Waals surface area contributed by atoms with Crippen molar-refractivity contribution in [3.8, 4) is 28.4 Å². The van der Waals surface area contributed by atoms with E-state index in [1.54, 1.807) is 12.3 Å². The molecule has 7 nitrogen and oxygen atoms in total. The first-order valence-electron chi connectivity index (χ1n) is 11.1. The zero-order valence-electron chi connectivity index (χ0n) is 18.2. The monoisotopic (exact) mass is 442 g/mol. The topological polar surface area (TPSA) is 91.5 Å². The van der Waals surface area contributed by atoms with Crippen LogP contribution in [0.15, 0.2) is 48.8 Å². The summed E-state index contributed by atoms with van der Waals surface area (Å²) in [5.74, 6) is 0.547. The van der Waals surface area contributed by atoms with Crippen LogP contribution in [0.1, 0.15) is 24.5 Å². The van der Waals surface area contributed by atoms with Gasteiger partial charge in [-0.1, -0.05) is 0 Å². The molecule has 0 saturated carbocycles. The Balaban J connectivity index is 1.46. The quantitative estimate of drug-likeness (QED) is 0.373. The summed E-state index contributed by atoms with van der Waals surface area (Å²) in [4.78, 5) is 12.7. The number of ether oxygens (including phenoxy) is 1. The molecule has 1 aliphatic rings. The lowest BCUT2D eigenvalue weighted by Gasteiger charge is -2.22. The standard InChI is InChI=1S/C25H23FN6O/c1-33-17-9-15(8-16(26)10-17)24-18-12-22(30-20(18)4-7-28-24)25-19-11-21(14-2-5-27-6-3-14)29-13-23(19)31-32-25/h4,7-14,27,30H,2-3,5-6H2,1H3,(H,31,32). The molecule has 0 spiro atoms. The van der Waals surface area contributed by atoms with Crippen LogP contribution in [0.2, 0.25) is 0 Å². The van der Waals surface area contributed by atoms with Crippen LogP contribution >= 0.6 is 0 Å². The fourth-order valence-corrected chi connectivity index (χ4v) is 4.71. The lowest BCUT2D eigenvalue weighted by molar-refractivity contribution is 0.411. The predicted octanol–water partition coefficient (Wildman–Crippen LogP) is 4.78. The van der Waals surface area contributed by atoms with Crippen LogP contribution in [0.5, 0.6) is 5.75 Å². The summed E-state index contributed by atoms with van der Waals surface area (Å²) in [5.41, 5.74) is 5.96. The predicted molar refractivity (Wildman–Crippen MR) is 126 cm³/mol. The van der Waals surface area contributed by atoms with Crippen molar-refractivity contribution < 1.29 is 9.13 Å². The van der Waals surface area contributed by atoms with Gasteiger partial charge in [0.1, 0.15) is 17.3 Å². The third-order valence-electron chi connectivity index (χ3n) is 6.41. The van der Waals surface area contributed by atoms with E-state index in [-0.39, 0.29) is 5.82 Å². The molecule has 1 aliphatic heterocycles. The van der Waals surface area contributed by atoms with Gasteiger partial charge < -0.3 is 15.0 Å². The first kappa shape index (κ1) is 19.9. The van der Waals surface area contributed by atoms with Gasteiger partial charge in [0.05, 0.1) is 30.2 Å². The summed E-state index contributed by atoms with van der Waals surface area (Å²) in [6.07, 6.45) is 5.77. The average molecular weight is 442 g/mol. The van der Waals surface area contributed by atoms with Crippen LogP contribution < -0.4 is 10.1 Å². The molecule has 0 radical (unpaired) electrons. The molecule has 0 aliphatic carbocycles. The van der Waals surface area contributed by atoms with E-state index in [0.29, 0.717) is 22.9 Å². The Bertz CT molecular complexity index is 1470. The van der Waals surface area contributed by atoms with E-state index in [1.807, 2.05) is 18.3 Å². The highest BCUT2D eigenvalue weighted by Crippen LogP contribution is 2.35. The summed E-state index contributed by atoms with van der Waals surface area (Å²) in [7, 11) is 1.52. The highest BCUT2D eigenvalue weighted by Gasteiger charge is 2.20. The SMILES string of the molecule is COc1cc(F)cc(-c2nccc3[nH]c(-c4n[nH]c5cnc(C6CCNCC6)cc45)cc23)c1. The molecule has 8 heteroatoms. The van der Waals surface area contributed by atoms with Crippen molar-refractivity contribution in [3.05, 3.63) is 60.3 Å². The summed E-state index contributed by atoms with van der Waals surface area (Å²) in [5, 5.41) is 13.0. The smallest absolute Gasteiger partial charge is 0.127 e. The van der Waals surface area contributed by atoms with E-state index < -0.39 is 0 Å². The van der Waals surface area contributed by atoms with E-state index in [9.17, 15) is 4.39 Å². The minimum absolute atomic E-state index is 0.366. The molecule has 0 amide bonds. The molecule has 0 unspecified atom stereocenters. The van der Waals surface area contributed by atoms with E-state index in [1.165, 1.54) is 19.2 Å². The summed E-state index contributed by atoms with van der Waals surface area (Å²) >= 11 is 0. The second-order valence-electron chi connectivity index (χ2n) is 8.43. The normalized spacial score (nSPS) is 14.8. The van der Waals surface area contributed by atoms with Crippen LogP contribution in [0, 0.1) is 5.82 Å². The second-order valence-corrected chi connectivity index (χ2v) is 8.43. The number of hydrogen-bond donors (Lipinski definition) is 3. The molecule has 1 fully saturated rings. The van der Waals surface area contributed by atoms with Crippen molar-refractivity contribution in [3.63, 3.8) is 0 Å². The summed E-state index contributed by atoms with van der Waals surface area (Å²) < 4.78 is 19.4. The van der Waals surface area contributed by atoms with Gasteiger partial charge in [0.25, 0.3) is 0 Å². The number of aromatic amines is 2. The summed E-state index contributed by atoms with van der Waals surface area (Å²) in [6, 6.07) is 10.7. The molecular weight excluding hydrogens is 419 g/mol. The number of halogens is 1. The molecule has 0 bridgehead atoms. The van der Waals surface area contributed by atoms with E-state index in [0.717, 1.165) is 64.8 Å². The van der Waals surface area contributed by atoms with E-state index in [2.05, 4.69) is 31.5 Å². The van der Waals surface area contributed by atoms with Crippen molar-refractivity contribution in [2.75, 3.05) is 20.2 Å². The van der Waals surface area contributed by atoms with Crippen LogP contribution in [-0.4, -0.2) is 45.3 Å². The molecule has 5 heterocycles. The van der Waals surface area contributed by atoms with Gasteiger partial charge in [-0.2, -0.15) is 5.10 Å². The van der Waals surface area contributed by atoms with Gasteiger partial charge in [0.2, 0.25) is 0 Å². The molecule has 3 N–H and O–H groups in total. The molecule has 1 aromatic carbocycles. The van der Waals surface area contributed by atoms with Crippen molar-refractivity contribution in [2.24, 2.45) is 0 Å². The highest BCUT2D eigenvalue weighted by atomic mass is 19.1. The Morgan fingerprint density at radius 1 is 0.970 bits per heavy atom. The second kappa shape index (κ2) is 7.97. The van der Waals surface area contributed by atoms with Crippen molar-refractivity contribution >= 4 is 21.8 Å². The Kier molecular flexibility index (Phi) is 4.80. The molecule has 0 atom stereocenters. The van der Waals surface area contributed by atoms with Gasteiger partial charge in [-0.3, -0.25) is 15.1 Å². The Hall–Kier alpha value is -3.78. The molecule has 4 aromatic heterocycles. The highest BCUT2D eigenvalue weighted by molar-refractivity contribution is 5.99. The first-order chi connectivity index (χ1) is 16.2. The van der Waals surface area contributed by atoms with Crippen molar-refractivity contribution in [1.29, 1.82) is 0 Å². The van der Waals surface area contributed by atoms with Gasteiger partial charge in [-0.05, 0) is 56.3 Å². The minimum atomic E-state index is -0.366. The van der Waals surface area contributed by atoms with Crippen LogP contribution in [0.4, 0.5) is 4.39 Å². The zero-order chi connectivity index (χ0) is 22.4. The van der Waals surface area contributed by atoms with Crippen molar-refractivity contribution in [2.45, 2.75) is 18.8 Å². The first-order valence-corrected chi connectivity index (χ1v) is 11.1. The number of fused-ring (bicyclic) bond motifs is 2. The third-order valence-corrected chi connectivity index (χ3v) is 6.41. The zero-order valence-corrected chi connectivity index (χ0v) is 18.2. The molecule has 166 valence electrons. The number of pyridine rings is 2. The van der Waals surface area contributed by atoms with Crippen LogP contribution in [-0.2, 0) is 0 Å². The van der Waals surface area contributed by atoms with E-state index in [4.69, 9.17) is 9.72 Å². The maximum Gasteiger partial charge on any atom is 0.127 e. The summed E-state index contributed by atoms with van der Waals surface area (Å²) in [6.45, 7) is 2.04. The molecule has 5 aromatic rings. The number of piperidine rings is 1. The molecule has 33 heavy (non-hydrogen) atoms. The lowest BCUT2D eigenvalue weighted by Crippen LogP contribution is -2.27. The molecule has 6 rings (SSSR count). The number of H-pyrrole nitrogens is 2. The Morgan fingerprint density at radius 2 is 1.82 bits per heavy atom. The van der Waals surface area contributed by atoms with Gasteiger partial charge in [-0.25, -0.2) is 4.39 Å². The fraction of sp³-hybridized carbons (Fsp3) is 0.240. The molecule has 1 saturated heterocycles. The number of benzene rings is 1. The van der Waals surface area contributed by atoms with Gasteiger partial charge in [0, 0.05) is 45.7 Å². The van der Waals surface area contributed by atoms with Gasteiger partial charge >= 0.3 is 0 Å². The Morgan fingerprint density at radius 3 is 2.67 bits per heavy atom. The largest absolute Gasteiger partial charge is 0.497 e. The number of aromatic nitrogens is 5. The molecular formula is C25H23FN6O. The number of hydrogen-bond acceptors (Lipinski definition) is 5.